The Kier molecular flexibility index (Phi) is 6.54. The lowest BCUT2D eigenvalue weighted by Gasteiger charge is -2.10. The minimum Gasteiger partial charge on any atom is -0.493 e. The third-order valence-corrected chi connectivity index (χ3v) is 6.75. The molecule has 1 N–H and O–H groups in total. The van der Waals surface area contributed by atoms with Gasteiger partial charge >= 0.3 is 0 Å². The summed E-state index contributed by atoms with van der Waals surface area (Å²) in [5, 5.41) is 3.03. The number of nitrogens with one attached hydrogen (secondary N) is 1. The maximum absolute atomic E-state index is 12.3. The van der Waals surface area contributed by atoms with Crippen LogP contribution in [0.5, 0.6) is 11.5 Å². The molecule has 11 heteroatoms. The second-order valence-electron chi connectivity index (χ2n) is 6.30. The summed E-state index contributed by atoms with van der Waals surface area (Å²) in [6.45, 7) is 0. The van der Waals surface area contributed by atoms with E-state index in [-0.39, 0.29) is 21.8 Å². The van der Waals surface area contributed by atoms with Crippen molar-refractivity contribution < 1.29 is 27.1 Å². The predicted octanol–water partition coefficient (Wildman–Crippen LogP) is 2.83. The van der Waals surface area contributed by atoms with E-state index in [1.165, 1.54) is 40.4 Å². The summed E-state index contributed by atoms with van der Waals surface area (Å²) >= 11 is 1.11. The minimum absolute atomic E-state index is 0.0595. The number of oxazole rings is 1. The standard InChI is InChI=1S/C19H21N3O6S2/c1-22(2)30(24,25)13-6-8-15-14(10-13)21-19(28-15)29-11-18(23)20-12-5-7-16(26-3)17(9-12)27-4/h5-10H,11H2,1-4H3,(H,20,23). The van der Waals surface area contributed by atoms with Crippen LogP contribution < -0.4 is 14.8 Å². The van der Waals surface area contributed by atoms with Gasteiger partial charge in [-0.2, -0.15) is 0 Å². The highest BCUT2D eigenvalue weighted by molar-refractivity contribution is 7.99. The zero-order valence-corrected chi connectivity index (χ0v) is 18.5. The van der Waals surface area contributed by atoms with Crippen molar-refractivity contribution in [2.45, 2.75) is 10.1 Å². The molecule has 3 rings (SSSR count). The van der Waals surface area contributed by atoms with Crippen molar-refractivity contribution in [3.05, 3.63) is 36.4 Å². The Morgan fingerprint density at radius 2 is 1.87 bits per heavy atom. The SMILES string of the molecule is COc1ccc(NC(=O)CSc2nc3cc(S(=O)(=O)N(C)C)ccc3o2)cc1OC. The van der Waals surface area contributed by atoms with Crippen LogP contribution in [0.1, 0.15) is 0 Å². The van der Waals surface area contributed by atoms with Gasteiger partial charge < -0.3 is 19.2 Å². The summed E-state index contributed by atoms with van der Waals surface area (Å²) < 4.78 is 41.6. The molecular weight excluding hydrogens is 430 g/mol. The number of methoxy groups -OCH3 is 2. The maximum Gasteiger partial charge on any atom is 0.257 e. The molecule has 0 radical (unpaired) electrons. The third kappa shape index (κ3) is 4.69. The van der Waals surface area contributed by atoms with Gasteiger partial charge in [0.2, 0.25) is 15.9 Å². The second kappa shape index (κ2) is 8.94. The number of ether oxygens (including phenoxy) is 2. The lowest BCUT2D eigenvalue weighted by Crippen LogP contribution is -2.22. The lowest BCUT2D eigenvalue weighted by molar-refractivity contribution is -0.113. The average molecular weight is 452 g/mol. The van der Waals surface area contributed by atoms with Crippen LogP contribution in [0.4, 0.5) is 5.69 Å². The van der Waals surface area contributed by atoms with Crippen molar-refractivity contribution in [1.29, 1.82) is 0 Å². The minimum atomic E-state index is -3.57. The van der Waals surface area contributed by atoms with Crippen LogP contribution in [0.3, 0.4) is 0 Å². The van der Waals surface area contributed by atoms with E-state index < -0.39 is 10.0 Å². The van der Waals surface area contributed by atoms with E-state index in [9.17, 15) is 13.2 Å². The van der Waals surface area contributed by atoms with E-state index in [4.69, 9.17) is 13.9 Å². The number of hydrogen-bond acceptors (Lipinski definition) is 8. The fourth-order valence-corrected chi connectivity index (χ4v) is 4.12. The molecule has 9 nitrogen and oxygen atoms in total. The number of fused-ring (bicyclic) bond motifs is 1. The molecule has 0 aliphatic heterocycles. The Labute approximate surface area is 178 Å². The average Bonchev–Trinajstić information content (AvgIpc) is 3.14. The third-order valence-electron chi connectivity index (χ3n) is 4.11. The smallest absolute Gasteiger partial charge is 0.257 e. The van der Waals surface area contributed by atoms with E-state index in [0.717, 1.165) is 16.1 Å². The monoisotopic (exact) mass is 451 g/mol. The molecule has 30 heavy (non-hydrogen) atoms. The molecule has 2 aromatic carbocycles. The Hall–Kier alpha value is -2.76. The molecule has 1 amide bonds. The lowest BCUT2D eigenvalue weighted by atomic mass is 10.2. The van der Waals surface area contributed by atoms with Crippen molar-refractivity contribution in [3.8, 4) is 11.5 Å². The first kappa shape index (κ1) is 21.9. The molecule has 1 heterocycles. The van der Waals surface area contributed by atoms with Crippen LogP contribution >= 0.6 is 11.8 Å². The highest BCUT2D eigenvalue weighted by Gasteiger charge is 2.19. The Bertz CT molecular complexity index is 1170. The first-order valence-electron chi connectivity index (χ1n) is 8.72. The van der Waals surface area contributed by atoms with Gasteiger partial charge in [0.15, 0.2) is 17.1 Å². The molecule has 0 saturated heterocycles. The van der Waals surface area contributed by atoms with Gasteiger partial charge in [0.1, 0.15) is 5.52 Å². The second-order valence-corrected chi connectivity index (χ2v) is 9.38. The highest BCUT2D eigenvalue weighted by Crippen LogP contribution is 2.30. The van der Waals surface area contributed by atoms with Gasteiger partial charge in [0, 0.05) is 25.8 Å². The van der Waals surface area contributed by atoms with Gasteiger partial charge in [-0.15, -0.1) is 0 Å². The Morgan fingerprint density at radius 1 is 1.13 bits per heavy atom. The number of anilines is 1. The van der Waals surface area contributed by atoms with Crippen LogP contribution in [-0.4, -0.2) is 57.7 Å². The molecule has 0 spiro atoms. The van der Waals surface area contributed by atoms with E-state index in [1.807, 2.05) is 0 Å². The highest BCUT2D eigenvalue weighted by atomic mass is 32.2. The molecule has 1 aromatic heterocycles. The van der Waals surface area contributed by atoms with Crippen molar-refractivity contribution in [2.24, 2.45) is 0 Å². The summed E-state index contributed by atoms with van der Waals surface area (Å²) in [6, 6.07) is 9.51. The number of aromatic nitrogens is 1. The summed E-state index contributed by atoms with van der Waals surface area (Å²) in [5.41, 5.74) is 1.41. The maximum atomic E-state index is 12.3. The number of thioether (sulfide) groups is 1. The predicted molar refractivity (Wildman–Crippen MR) is 114 cm³/mol. The fourth-order valence-electron chi connectivity index (χ4n) is 2.56. The first-order chi connectivity index (χ1) is 14.2. The van der Waals surface area contributed by atoms with Crippen LogP contribution in [0.2, 0.25) is 0 Å². The molecule has 0 atom stereocenters. The molecule has 0 saturated carbocycles. The number of rotatable bonds is 8. The number of carbonyl (C=O) groups is 1. The van der Waals surface area contributed by atoms with E-state index in [0.29, 0.717) is 28.3 Å². The normalized spacial score (nSPS) is 11.6. The van der Waals surface area contributed by atoms with Crippen molar-refractivity contribution in [1.82, 2.24) is 9.29 Å². The van der Waals surface area contributed by atoms with Crippen molar-refractivity contribution >= 4 is 44.5 Å². The van der Waals surface area contributed by atoms with E-state index >= 15 is 0 Å². The zero-order valence-electron chi connectivity index (χ0n) is 16.8. The molecule has 0 aliphatic carbocycles. The number of carbonyl (C=O) groups excluding carboxylic acids is 1. The molecular formula is C19H21N3O6S2. The van der Waals surface area contributed by atoms with Gasteiger partial charge in [-0.3, -0.25) is 4.79 Å². The quantitative estimate of drug-likeness (QED) is 0.521. The summed E-state index contributed by atoms with van der Waals surface area (Å²) in [6.07, 6.45) is 0. The summed E-state index contributed by atoms with van der Waals surface area (Å²) in [4.78, 5) is 16.7. The molecule has 0 bridgehead atoms. The van der Waals surface area contributed by atoms with Gasteiger partial charge in [0.05, 0.1) is 24.9 Å². The molecule has 0 aliphatic rings. The molecule has 3 aromatic rings. The number of sulfonamides is 1. The van der Waals surface area contributed by atoms with Crippen LogP contribution in [0.25, 0.3) is 11.1 Å². The number of benzene rings is 2. The molecule has 160 valence electrons. The van der Waals surface area contributed by atoms with Crippen LogP contribution in [-0.2, 0) is 14.8 Å². The van der Waals surface area contributed by atoms with Gasteiger partial charge in [-0.25, -0.2) is 17.7 Å². The van der Waals surface area contributed by atoms with Crippen LogP contribution in [0, 0.1) is 0 Å². The molecule has 0 fully saturated rings. The topological polar surface area (TPSA) is 111 Å². The van der Waals surface area contributed by atoms with Crippen molar-refractivity contribution in [3.63, 3.8) is 0 Å². The number of hydrogen-bond donors (Lipinski definition) is 1. The Morgan fingerprint density at radius 3 is 2.53 bits per heavy atom. The van der Waals surface area contributed by atoms with Gasteiger partial charge in [-0.1, -0.05) is 11.8 Å². The van der Waals surface area contributed by atoms with Crippen LogP contribution in [0.15, 0.2) is 50.9 Å². The van der Waals surface area contributed by atoms with E-state index in [2.05, 4.69) is 10.3 Å². The fraction of sp³-hybridized carbons (Fsp3) is 0.263. The number of nitrogens with zero attached hydrogens (tertiary/aromatic N) is 2. The summed E-state index contributed by atoms with van der Waals surface area (Å²) in [5.74, 6) is 0.868. The van der Waals surface area contributed by atoms with Crippen molar-refractivity contribution in [2.75, 3.05) is 39.4 Å². The first-order valence-corrected chi connectivity index (χ1v) is 11.1. The summed E-state index contributed by atoms with van der Waals surface area (Å²) in [7, 11) is 2.40. The number of amides is 1. The van der Waals surface area contributed by atoms with Gasteiger partial charge in [-0.05, 0) is 30.3 Å². The zero-order chi connectivity index (χ0) is 21.9. The molecule has 0 unspecified atom stereocenters. The van der Waals surface area contributed by atoms with Gasteiger partial charge in [0.25, 0.3) is 5.22 Å². The van der Waals surface area contributed by atoms with E-state index in [1.54, 1.807) is 24.3 Å². The largest absolute Gasteiger partial charge is 0.493 e. The Balaban J connectivity index is 1.67.